The molecule has 0 bridgehead atoms. The Kier molecular flexibility index (Phi) is 2.98. The normalized spacial score (nSPS) is 22.9. The van der Waals surface area contributed by atoms with Crippen LogP contribution in [-0.4, -0.2) is 22.8 Å². The van der Waals surface area contributed by atoms with Crippen LogP contribution in [0.4, 0.5) is 0 Å². The minimum Gasteiger partial charge on any atom is -0.361 e. The van der Waals surface area contributed by atoms with Gasteiger partial charge in [-0.3, -0.25) is 9.79 Å². The minimum absolute atomic E-state index is 0.161. The zero-order valence-electron chi connectivity index (χ0n) is 11.3. The van der Waals surface area contributed by atoms with Crippen molar-refractivity contribution in [1.29, 1.82) is 0 Å². The Morgan fingerprint density at radius 1 is 1.35 bits per heavy atom. The molecule has 3 rings (SSSR count). The maximum Gasteiger partial charge on any atom is 0.254 e. The third-order valence-corrected chi connectivity index (χ3v) is 3.51. The summed E-state index contributed by atoms with van der Waals surface area (Å²) in [6.45, 7) is 4.10. The molecule has 0 fully saturated rings. The lowest BCUT2D eigenvalue weighted by Gasteiger charge is -2.16. The van der Waals surface area contributed by atoms with Gasteiger partial charge in [0.15, 0.2) is 0 Å². The number of carbonyl (C=O) groups excluding carboxylic acids is 1. The molecule has 0 spiro atoms. The van der Waals surface area contributed by atoms with E-state index in [9.17, 15) is 4.79 Å². The second-order valence-corrected chi connectivity index (χ2v) is 4.77. The van der Waals surface area contributed by atoms with Crippen LogP contribution in [0, 0.1) is 19.8 Å². The molecule has 6 heteroatoms. The number of hydrogen-bond acceptors (Lipinski definition) is 4. The number of rotatable bonds is 2. The monoisotopic (exact) mass is 269 g/mol. The highest BCUT2D eigenvalue weighted by Crippen LogP contribution is 2.18. The Balaban J connectivity index is 1.98. The summed E-state index contributed by atoms with van der Waals surface area (Å²) >= 11 is 0. The van der Waals surface area contributed by atoms with Gasteiger partial charge in [0.1, 0.15) is 5.92 Å². The minimum atomic E-state index is -0.449. The number of hydrogen-bond donors (Lipinski definition) is 3. The molecule has 1 atom stereocenters. The Hall–Kier alpha value is -2.63. The molecule has 6 nitrogen and oxygen atoms in total. The number of aromatic amines is 1. The van der Waals surface area contributed by atoms with E-state index in [1.807, 2.05) is 19.2 Å². The summed E-state index contributed by atoms with van der Waals surface area (Å²) in [5.41, 5.74) is 7.27. The average Bonchev–Trinajstić information content (AvgIpc) is 3.00. The van der Waals surface area contributed by atoms with Crippen LogP contribution in [0.2, 0.25) is 0 Å². The zero-order valence-corrected chi connectivity index (χ0v) is 11.3. The van der Waals surface area contributed by atoms with Gasteiger partial charge in [0.25, 0.3) is 5.91 Å². The van der Waals surface area contributed by atoms with E-state index in [0.29, 0.717) is 5.71 Å². The molecule has 102 valence electrons. The molecule has 1 amide bonds. The molecule has 1 aromatic rings. The average molecular weight is 269 g/mol. The summed E-state index contributed by atoms with van der Waals surface area (Å²) in [6.07, 6.45) is 8.87. The van der Waals surface area contributed by atoms with Crippen LogP contribution in [0.1, 0.15) is 16.8 Å². The van der Waals surface area contributed by atoms with E-state index in [1.54, 1.807) is 18.6 Å². The predicted octanol–water partition coefficient (Wildman–Crippen LogP) is 1.22. The van der Waals surface area contributed by atoms with Gasteiger partial charge in [-0.2, -0.15) is 5.10 Å². The van der Waals surface area contributed by atoms with E-state index >= 15 is 0 Å². The van der Waals surface area contributed by atoms with E-state index in [1.165, 1.54) is 11.1 Å². The topological polar surface area (TPSA) is 81.6 Å². The van der Waals surface area contributed by atoms with Gasteiger partial charge in [-0.25, -0.2) is 5.43 Å². The fraction of sp³-hybridized carbons (Fsp3) is 0.214. The summed E-state index contributed by atoms with van der Waals surface area (Å²) in [5.74, 6) is -0.610. The van der Waals surface area contributed by atoms with Gasteiger partial charge in [-0.15, -0.1) is 0 Å². The van der Waals surface area contributed by atoms with E-state index < -0.39 is 5.92 Å². The maximum absolute atomic E-state index is 11.7. The fourth-order valence-electron chi connectivity index (χ4n) is 2.17. The highest BCUT2D eigenvalue weighted by atomic mass is 16.2. The molecular weight excluding hydrogens is 254 g/mol. The van der Waals surface area contributed by atoms with Crippen LogP contribution in [0.5, 0.6) is 0 Å². The predicted molar refractivity (Wildman–Crippen MR) is 78.1 cm³/mol. The number of allylic oxidation sites excluding steroid dienone is 1. The van der Waals surface area contributed by atoms with Crippen molar-refractivity contribution >= 4 is 23.9 Å². The summed E-state index contributed by atoms with van der Waals surface area (Å²) in [4.78, 5) is 19.3. The van der Waals surface area contributed by atoms with Gasteiger partial charge in [0.2, 0.25) is 0 Å². The van der Waals surface area contributed by atoms with Gasteiger partial charge >= 0.3 is 0 Å². The first-order valence-electron chi connectivity index (χ1n) is 6.36. The standard InChI is InChI=1S/C14H15N5O/c1-8-6-17-11(9(8)2)5-12-13(16-4-3-15-12)10-7-18-19-14(10)20/h3-7,10,15,17H,1-2H3,(H,19,20). The summed E-state index contributed by atoms with van der Waals surface area (Å²) in [6, 6.07) is 0. The van der Waals surface area contributed by atoms with E-state index in [2.05, 4.69) is 32.7 Å². The number of aryl methyl sites for hydroxylation is 1. The SMILES string of the molecule is Cc1c[nH]c(C=C2NC=CN=C2C2C=NNC2=O)c1C. The number of hydrazone groups is 1. The van der Waals surface area contributed by atoms with Gasteiger partial charge in [0, 0.05) is 30.5 Å². The Labute approximate surface area is 116 Å². The molecule has 3 N–H and O–H groups in total. The molecule has 3 heterocycles. The quantitative estimate of drug-likeness (QED) is 0.754. The van der Waals surface area contributed by atoms with Crippen molar-refractivity contribution in [2.75, 3.05) is 0 Å². The van der Waals surface area contributed by atoms with Gasteiger partial charge < -0.3 is 10.3 Å². The molecule has 0 aliphatic carbocycles. The maximum atomic E-state index is 11.7. The van der Waals surface area contributed by atoms with Crippen molar-refractivity contribution in [3.8, 4) is 0 Å². The van der Waals surface area contributed by atoms with Crippen molar-refractivity contribution in [3.05, 3.63) is 41.1 Å². The summed E-state index contributed by atoms with van der Waals surface area (Å²) in [7, 11) is 0. The fourth-order valence-corrected chi connectivity index (χ4v) is 2.17. The van der Waals surface area contributed by atoms with Crippen LogP contribution in [0.15, 0.2) is 34.4 Å². The second kappa shape index (κ2) is 4.80. The van der Waals surface area contributed by atoms with E-state index in [-0.39, 0.29) is 5.91 Å². The molecule has 20 heavy (non-hydrogen) atoms. The first-order valence-corrected chi connectivity index (χ1v) is 6.36. The molecule has 0 radical (unpaired) electrons. The lowest BCUT2D eigenvalue weighted by Crippen LogP contribution is -2.32. The number of amides is 1. The second-order valence-electron chi connectivity index (χ2n) is 4.77. The highest BCUT2D eigenvalue weighted by Gasteiger charge is 2.29. The lowest BCUT2D eigenvalue weighted by atomic mass is 9.99. The molecule has 1 aromatic heterocycles. The molecule has 0 saturated heterocycles. The largest absolute Gasteiger partial charge is 0.361 e. The first-order chi connectivity index (χ1) is 9.66. The van der Waals surface area contributed by atoms with Crippen molar-refractivity contribution in [3.63, 3.8) is 0 Å². The highest BCUT2D eigenvalue weighted by molar-refractivity contribution is 6.24. The third kappa shape index (κ3) is 2.05. The lowest BCUT2D eigenvalue weighted by molar-refractivity contribution is -0.120. The molecule has 0 saturated carbocycles. The smallest absolute Gasteiger partial charge is 0.254 e. The van der Waals surface area contributed by atoms with Crippen molar-refractivity contribution in [1.82, 2.24) is 15.7 Å². The van der Waals surface area contributed by atoms with Crippen LogP contribution < -0.4 is 10.7 Å². The van der Waals surface area contributed by atoms with Crippen molar-refractivity contribution in [2.45, 2.75) is 13.8 Å². The summed E-state index contributed by atoms with van der Waals surface area (Å²) < 4.78 is 0. The Bertz CT molecular complexity index is 678. The third-order valence-electron chi connectivity index (χ3n) is 3.51. The number of nitrogens with one attached hydrogen (secondary N) is 3. The number of carbonyl (C=O) groups is 1. The Morgan fingerprint density at radius 2 is 2.20 bits per heavy atom. The van der Waals surface area contributed by atoms with Crippen LogP contribution in [0.25, 0.3) is 6.08 Å². The number of aliphatic imine (C=N–C) groups is 1. The Morgan fingerprint density at radius 3 is 2.85 bits per heavy atom. The van der Waals surface area contributed by atoms with Crippen molar-refractivity contribution < 1.29 is 4.79 Å². The van der Waals surface area contributed by atoms with Gasteiger partial charge in [0.05, 0.1) is 11.4 Å². The van der Waals surface area contributed by atoms with Gasteiger partial charge in [-0.1, -0.05) is 0 Å². The van der Waals surface area contributed by atoms with E-state index in [0.717, 1.165) is 11.4 Å². The van der Waals surface area contributed by atoms with Crippen molar-refractivity contribution in [2.24, 2.45) is 16.0 Å². The molecule has 0 aromatic carbocycles. The number of H-pyrrole nitrogens is 1. The first kappa shape index (κ1) is 12.4. The number of nitrogens with zero attached hydrogens (tertiary/aromatic N) is 2. The van der Waals surface area contributed by atoms with Gasteiger partial charge in [-0.05, 0) is 31.1 Å². The zero-order chi connectivity index (χ0) is 14.1. The molecule has 1 unspecified atom stereocenters. The molecular formula is C14H15N5O. The van der Waals surface area contributed by atoms with Crippen LogP contribution in [-0.2, 0) is 4.79 Å². The van der Waals surface area contributed by atoms with Crippen LogP contribution >= 0.6 is 0 Å². The van der Waals surface area contributed by atoms with E-state index in [4.69, 9.17) is 0 Å². The van der Waals surface area contributed by atoms with Crippen LogP contribution in [0.3, 0.4) is 0 Å². The molecule has 2 aliphatic heterocycles. The summed E-state index contributed by atoms with van der Waals surface area (Å²) in [5, 5.41) is 6.93. The number of aromatic nitrogens is 1. The molecule has 2 aliphatic rings.